The number of carbonyl (C=O) groups excluding carboxylic acids is 1. The van der Waals surface area contributed by atoms with Crippen LogP contribution in [0.1, 0.15) is 6.92 Å². The normalized spacial score (nSPS) is 9.08. The minimum Gasteiger partial charge on any atom is -0.537 e. The molecule has 0 atom stereocenters. The maximum absolute atomic E-state index is 10.6. The van der Waals surface area contributed by atoms with Crippen molar-refractivity contribution in [2.24, 2.45) is 0 Å². The van der Waals surface area contributed by atoms with Crippen LogP contribution < -0.4 is 9.97 Å². The van der Waals surface area contributed by atoms with E-state index in [0.717, 1.165) is 0 Å². The molecule has 1 aromatic carbocycles. The second-order valence-corrected chi connectivity index (χ2v) is 2.43. The molecule has 0 saturated heterocycles. The number of nitrogens with one attached hydrogen (secondary N) is 1. The summed E-state index contributed by atoms with van der Waals surface area (Å²) in [5.41, 5.74) is 0.692. The third-order valence-corrected chi connectivity index (χ3v) is 1.36. The molecular weight excluding hydrogens is 169 g/mol. The van der Waals surface area contributed by atoms with Crippen molar-refractivity contribution in [2.45, 2.75) is 6.92 Å². The van der Waals surface area contributed by atoms with Crippen LogP contribution in [-0.2, 0) is 4.79 Å². The zero-order valence-corrected chi connectivity index (χ0v) is 7.15. The second-order valence-electron chi connectivity index (χ2n) is 2.43. The van der Waals surface area contributed by atoms with Gasteiger partial charge in [0.1, 0.15) is 5.75 Å². The highest BCUT2D eigenvalue weighted by Gasteiger charge is 1.96. The van der Waals surface area contributed by atoms with Gasteiger partial charge in [-0.3, -0.25) is 4.79 Å². The lowest BCUT2D eigenvalue weighted by Gasteiger charge is -2.03. The van der Waals surface area contributed by atoms with E-state index in [0.29, 0.717) is 19.1 Å². The smallest absolute Gasteiger partial charge is 0.537 e. The molecule has 0 aromatic heterocycles. The summed E-state index contributed by atoms with van der Waals surface area (Å²) < 4.78 is 4.68. The summed E-state index contributed by atoms with van der Waals surface area (Å²) in [6, 6.07) is 6.64. The Morgan fingerprint density at radius 2 is 2.08 bits per heavy atom. The molecule has 0 unspecified atom stereocenters. The number of carbonyl (C=O) groups is 1. The summed E-state index contributed by atoms with van der Waals surface area (Å²) in [6.45, 7) is 1.44. The van der Waals surface area contributed by atoms with Crippen LogP contribution in [0.3, 0.4) is 0 Å². The topological polar surface area (TPSA) is 58.6 Å². The highest BCUT2D eigenvalue weighted by atomic mass is 16.5. The van der Waals surface area contributed by atoms with Crippen LogP contribution >= 0.6 is 0 Å². The van der Waals surface area contributed by atoms with E-state index in [4.69, 9.17) is 5.02 Å². The van der Waals surface area contributed by atoms with Crippen LogP contribution in [0.4, 0.5) is 5.69 Å². The zero-order chi connectivity index (χ0) is 9.68. The first kappa shape index (κ1) is 9.60. The van der Waals surface area contributed by atoms with Crippen LogP contribution in [-0.4, -0.2) is 18.6 Å². The molecule has 0 heterocycles. The predicted molar refractivity (Wildman–Crippen MR) is 49.3 cm³/mol. The van der Waals surface area contributed by atoms with E-state index in [1.807, 2.05) is 0 Å². The van der Waals surface area contributed by atoms with Crippen molar-refractivity contribution in [1.82, 2.24) is 0 Å². The van der Waals surface area contributed by atoms with Gasteiger partial charge in [0.2, 0.25) is 5.91 Å². The Morgan fingerprint density at radius 1 is 1.46 bits per heavy atom. The summed E-state index contributed by atoms with van der Waals surface area (Å²) in [7, 11) is 0.605. The fraction of sp³-hybridized carbons (Fsp3) is 0.125. The van der Waals surface area contributed by atoms with E-state index in [1.54, 1.807) is 24.3 Å². The first-order valence-electron chi connectivity index (χ1n) is 3.72. The number of hydrogen-bond donors (Lipinski definition) is 2. The number of benzene rings is 1. The molecule has 1 aromatic rings. The Kier molecular flexibility index (Phi) is 3.34. The minimum atomic E-state index is -0.123. The Balaban J connectivity index is 2.64. The molecule has 2 N–H and O–H groups in total. The highest BCUT2D eigenvalue weighted by Crippen LogP contribution is 2.14. The first-order valence-corrected chi connectivity index (χ1v) is 3.72. The van der Waals surface area contributed by atoms with Gasteiger partial charge in [-0.05, 0) is 24.3 Å². The summed E-state index contributed by atoms with van der Waals surface area (Å²) in [5, 5.41) is 10.9. The summed E-state index contributed by atoms with van der Waals surface area (Å²) in [4.78, 5) is 10.6. The monoisotopic (exact) mass is 178 g/mol. The lowest BCUT2D eigenvalue weighted by atomic mass is 10.3. The Morgan fingerprint density at radius 3 is 2.54 bits per heavy atom. The molecule has 0 aliphatic rings. The van der Waals surface area contributed by atoms with Gasteiger partial charge in [-0.2, -0.15) is 0 Å². The maximum atomic E-state index is 10.6. The lowest BCUT2D eigenvalue weighted by molar-refractivity contribution is -0.114. The van der Waals surface area contributed by atoms with Crippen molar-refractivity contribution in [3.05, 3.63) is 24.3 Å². The molecule has 13 heavy (non-hydrogen) atoms. The largest absolute Gasteiger partial charge is 0.569 e. The van der Waals surface area contributed by atoms with E-state index < -0.39 is 0 Å². The average Bonchev–Trinajstić information content (AvgIpc) is 2.08. The van der Waals surface area contributed by atoms with Gasteiger partial charge in [-0.25, -0.2) is 0 Å². The Labute approximate surface area is 76.8 Å². The SMILES string of the molecule is CC(=O)Nc1ccc(O[B]O)cc1. The van der Waals surface area contributed by atoms with Gasteiger partial charge in [-0.1, -0.05) is 0 Å². The lowest BCUT2D eigenvalue weighted by Crippen LogP contribution is -2.05. The van der Waals surface area contributed by atoms with Gasteiger partial charge in [0.05, 0.1) is 0 Å². The first-order chi connectivity index (χ1) is 6.22. The standard InChI is InChI=1S/C8H9BNO3/c1-6(11)10-7-2-4-8(5-3-7)13-9-12/h2-5,12H,1H3,(H,10,11). The molecule has 5 heteroatoms. The number of rotatable bonds is 3. The van der Waals surface area contributed by atoms with E-state index >= 15 is 0 Å². The van der Waals surface area contributed by atoms with Crippen molar-refractivity contribution in [2.75, 3.05) is 5.32 Å². The third-order valence-electron chi connectivity index (χ3n) is 1.36. The van der Waals surface area contributed by atoms with Gasteiger partial charge < -0.3 is 15.0 Å². The van der Waals surface area contributed by atoms with Gasteiger partial charge in [0.25, 0.3) is 0 Å². The number of amides is 1. The fourth-order valence-corrected chi connectivity index (χ4v) is 0.881. The molecule has 0 bridgehead atoms. The third kappa shape index (κ3) is 3.17. The Bertz CT molecular complexity index is 286. The average molecular weight is 178 g/mol. The summed E-state index contributed by atoms with van der Waals surface area (Å²) in [5.74, 6) is 0.388. The molecule has 0 saturated carbocycles. The van der Waals surface area contributed by atoms with Crippen molar-refractivity contribution in [3.8, 4) is 5.75 Å². The quantitative estimate of drug-likeness (QED) is 0.664. The summed E-state index contributed by atoms with van der Waals surface area (Å²) in [6.07, 6.45) is 0. The van der Waals surface area contributed by atoms with Crippen molar-refractivity contribution in [1.29, 1.82) is 0 Å². The molecule has 1 radical (unpaired) electrons. The van der Waals surface area contributed by atoms with E-state index in [2.05, 4.69) is 9.97 Å². The summed E-state index contributed by atoms with van der Waals surface area (Å²) >= 11 is 0. The fourth-order valence-electron chi connectivity index (χ4n) is 0.881. The van der Waals surface area contributed by atoms with Crippen LogP contribution in [0.25, 0.3) is 0 Å². The van der Waals surface area contributed by atoms with E-state index in [9.17, 15) is 4.79 Å². The molecule has 1 rings (SSSR count). The van der Waals surface area contributed by atoms with Crippen LogP contribution in [0.15, 0.2) is 24.3 Å². The predicted octanol–water partition coefficient (Wildman–Crippen LogP) is 0.550. The van der Waals surface area contributed by atoms with E-state index in [-0.39, 0.29) is 5.91 Å². The maximum Gasteiger partial charge on any atom is 0.569 e. The van der Waals surface area contributed by atoms with Crippen molar-refractivity contribution in [3.63, 3.8) is 0 Å². The van der Waals surface area contributed by atoms with Crippen LogP contribution in [0.2, 0.25) is 0 Å². The van der Waals surface area contributed by atoms with Gasteiger partial charge in [-0.15, -0.1) is 0 Å². The second kappa shape index (κ2) is 4.52. The van der Waals surface area contributed by atoms with Gasteiger partial charge >= 0.3 is 7.69 Å². The number of anilines is 1. The molecule has 0 spiro atoms. The molecule has 0 fully saturated rings. The number of hydrogen-bond acceptors (Lipinski definition) is 3. The van der Waals surface area contributed by atoms with Crippen LogP contribution in [0.5, 0.6) is 5.75 Å². The van der Waals surface area contributed by atoms with Crippen molar-refractivity contribution >= 4 is 19.3 Å². The molecular formula is C8H9BNO3. The van der Waals surface area contributed by atoms with Gasteiger partial charge in [0.15, 0.2) is 0 Å². The highest BCUT2D eigenvalue weighted by molar-refractivity contribution is 6.17. The van der Waals surface area contributed by atoms with Crippen LogP contribution in [0, 0.1) is 0 Å². The minimum absolute atomic E-state index is 0.123. The van der Waals surface area contributed by atoms with E-state index in [1.165, 1.54) is 6.92 Å². The van der Waals surface area contributed by atoms with Crippen molar-refractivity contribution < 1.29 is 14.5 Å². The molecule has 4 nitrogen and oxygen atoms in total. The molecule has 0 aliphatic carbocycles. The zero-order valence-electron chi connectivity index (χ0n) is 7.15. The molecule has 67 valence electrons. The molecule has 1 amide bonds. The van der Waals surface area contributed by atoms with Gasteiger partial charge in [0, 0.05) is 12.6 Å². The Hall–Kier alpha value is -1.49. The molecule has 0 aliphatic heterocycles.